The quantitative estimate of drug-likeness (QED) is 0.580. The molecule has 6 nitrogen and oxygen atoms in total. The van der Waals surface area contributed by atoms with Crippen LogP contribution in [0.15, 0.2) is 16.6 Å². The highest BCUT2D eigenvalue weighted by molar-refractivity contribution is 9.10. The molecule has 0 spiro atoms. The molecule has 0 unspecified atom stereocenters. The first-order chi connectivity index (χ1) is 7.34. The van der Waals surface area contributed by atoms with E-state index in [9.17, 15) is 20.3 Å². The molecule has 0 aliphatic rings. The van der Waals surface area contributed by atoms with E-state index in [1.165, 1.54) is 13.0 Å². The summed E-state index contributed by atoms with van der Waals surface area (Å²) in [7, 11) is 0. The molecule has 0 aliphatic heterocycles. The zero-order chi connectivity index (χ0) is 12.5. The minimum Gasteiger partial charge on any atom is -0.506 e. The van der Waals surface area contributed by atoms with Gasteiger partial charge in [0.2, 0.25) is 0 Å². The van der Waals surface area contributed by atoms with Gasteiger partial charge in [0, 0.05) is 17.7 Å². The minimum absolute atomic E-state index is 0. The molecule has 1 aromatic carbocycles. The number of hydrogen-bond acceptors (Lipinski definition) is 5. The second-order valence-electron chi connectivity index (χ2n) is 3.39. The molecular formula is C9H12BrClN2O4. The Morgan fingerprint density at radius 1 is 1.53 bits per heavy atom. The number of benzene rings is 1. The second kappa shape index (κ2) is 6.15. The van der Waals surface area contributed by atoms with Crippen molar-refractivity contribution in [1.29, 1.82) is 0 Å². The summed E-state index contributed by atoms with van der Waals surface area (Å²) in [5.74, 6) is -0.195. The first-order valence-electron chi connectivity index (χ1n) is 4.45. The predicted octanol–water partition coefficient (Wildman–Crippen LogP) is 1.87. The van der Waals surface area contributed by atoms with Gasteiger partial charge in [-0.25, -0.2) is 0 Å². The number of non-ortho nitro benzene ring substituents is 1. The van der Waals surface area contributed by atoms with Crippen molar-refractivity contribution in [2.75, 3.05) is 0 Å². The Labute approximate surface area is 112 Å². The molecule has 0 fully saturated rings. The highest BCUT2D eigenvalue weighted by Gasteiger charge is 2.21. The maximum atomic E-state index is 10.6. The van der Waals surface area contributed by atoms with Gasteiger partial charge in [-0.1, -0.05) is 0 Å². The van der Waals surface area contributed by atoms with Gasteiger partial charge in [-0.2, -0.15) is 0 Å². The highest BCUT2D eigenvalue weighted by atomic mass is 79.9. The largest absolute Gasteiger partial charge is 0.506 e. The van der Waals surface area contributed by atoms with E-state index in [0.717, 1.165) is 6.07 Å². The Hall–Kier alpha value is -0.890. The number of nitro benzene ring substituents is 1. The number of hydrogen-bond donors (Lipinski definition) is 3. The fourth-order valence-corrected chi connectivity index (χ4v) is 1.69. The Morgan fingerprint density at radius 2 is 2.06 bits per heavy atom. The van der Waals surface area contributed by atoms with E-state index in [0.29, 0.717) is 0 Å². The number of aliphatic hydroxyl groups is 1. The lowest BCUT2D eigenvalue weighted by atomic mass is 10.0. The number of nitrogens with two attached hydrogens (primary N) is 1. The first-order valence-corrected chi connectivity index (χ1v) is 5.24. The lowest BCUT2D eigenvalue weighted by Gasteiger charge is -2.16. The van der Waals surface area contributed by atoms with Crippen molar-refractivity contribution in [3.8, 4) is 5.75 Å². The predicted molar refractivity (Wildman–Crippen MR) is 68.3 cm³/mol. The topological polar surface area (TPSA) is 110 Å². The van der Waals surface area contributed by atoms with E-state index in [-0.39, 0.29) is 33.9 Å². The zero-order valence-corrected chi connectivity index (χ0v) is 11.2. The molecule has 0 heterocycles. The standard InChI is InChI=1S/C9H11BrN2O4.ClH/c1-4(13)8(11)6-2-5(12(15)16)3-7(10)9(6)14;/h2-4,8,13-14H,11H2,1H3;1H/t4-,8-;/m0./s1. The highest BCUT2D eigenvalue weighted by Crippen LogP contribution is 2.36. The molecule has 96 valence electrons. The second-order valence-corrected chi connectivity index (χ2v) is 4.24. The van der Waals surface area contributed by atoms with Crippen LogP contribution in [-0.4, -0.2) is 21.2 Å². The molecule has 8 heteroatoms. The average molecular weight is 328 g/mol. The molecule has 0 bridgehead atoms. The van der Waals surface area contributed by atoms with E-state index >= 15 is 0 Å². The Morgan fingerprint density at radius 3 is 2.47 bits per heavy atom. The SMILES string of the molecule is C[C@H](O)[C@H](N)c1cc([N+](=O)[O-])cc(Br)c1O.Cl. The van der Waals surface area contributed by atoms with E-state index in [1.807, 2.05) is 0 Å². The Bertz CT molecular complexity index is 428. The van der Waals surface area contributed by atoms with Crippen molar-refractivity contribution in [2.24, 2.45) is 5.73 Å². The average Bonchev–Trinajstić information content (AvgIpc) is 2.20. The molecule has 0 radical (unpaired) electrons. The van der Waals surface area contributed by atoms with E-state index in [1.54, 1.807) is 0 Å². The molecule has 1 rings (SSSR count). The number of nitrogens with zero attached hydrogens (tertiary/aromatic N) is 1. The van der Waals surface area contributed by atoms with Crippen molar-refractivity contribution in [2.45, 2.75) is 19.1 Å². The van der Waals surface area contributed by atoms with Crippen LogP contribution in [0, 0.1) is 10.1 Å². The molecule has 17 heavy (non-hydrogen) atoms. The van der Waals surface area contributed by atoms with E-state index < -0.39 is 17.1 Å². The van der Waals surface area contributed by atoms with Crippen LogP contribution >= 0.6 is 28.3 Å². The molecule has 0 saturated carbocycles. The van der Waals surface area contributed by atoms with Crippen LogP contribution in [-0.2, 0) is 0 Å². The third-order valence-electron chi connectivity index (χ3n) is 2.17. The lowest BCUT2D eigenvalue weighted by Crippen LogP contribution is -2.23. The van der Waals surface area contributed by atoms with Crippen LogP contribution in [0.4, 0.5) is 5.69 Å². The molecule has 4 N–H and O–H groups in total. The van der Waals surface area contributed by atoms with Crippen molar-refractivity contribution < 1.29 is 15.1 Å². The van der Waals surface area contributed by atoms with Gasteiger partial charge in [-0.15, -0.1) is 12.4 Å². The number of nitro groups is 1. The van der Waals surface area contributed by atoms with Gasteiger partial charge < -0.3 is 15.9 Å². The fraction of sp³-hybridized carbons (Fsp3) is 0.333. The third-order valence-corrected chi connectivity index (χ3v) is 2.77. The minimum atomic E-state index is -0.917. The summed E-state index contributed by atoms with van der Waals surface area (Å²) in [5.41, 5.74) is 5.56. The van der Waals surface area contributed by atoms with Crippen molar-refractivity contribution in [1.82, 2.24) is 0 Å². The molecule has 0 aliphatic carbocycles. The van der Waals surface area contributed by atoms with E-state index in [2.05, 4.69) is 15.9 Å². The smallest absolute Gasteiger partial charge is 0.271 e. The molecule has 0 saturated heterocycles. The third kappa shape index (κ3) is 3.53. The molecule has 0 aromatic heterocycles. The number of phenols is 1. The van der Waals surface area contributed by atoms with Gasteiger partial charge in [-0.05, 0) is 22.9 Å². The lowest BCUT2D eigenvalue weighted by molar-refractivity contribution is -0.385. The van der Waals surface area contributed by atoms with Gasteiger partial charge in [0.05, 0.1) is 21.5 Å². The number of halogens is 2. The van der Waals surface area contributed by atoms with Crippen LogP contribution in [0.2, 0.25) is 0 Å². The number of phenolic OH excluding ortho intramolecular Hbond substituents is 1. The summed E-state index contributed by atoms with van der Waals surface area (Å²) in [6, 6.07) is 1.45. The first kappa shape index (κ1) is 16.1. The van der Waals surface area contributed by atoms with Crippen LogP contribution in [0.5, 0.6) is 5.75 Å². The number of aliphatic hydroxyl groups excluding tert-OH is 1. The van der Waals surface area contributed by atoms with Crippen molar-refractivity contribution >= 4 is 34.0 Å². The summed E-state index contributed by atoms with van der Waals surface area (Å²) in [5, 5.41) is 29.6. The van der Waals surface area contributed by atoms with Crippen LogP contribution in [0.25, 0.3) is 0 Å². The molecular weight excluding hydrogens is 315 g/mol. The summed E-state index contributed by atoms with van der Waals surface area (Å²) in [4.78, 5) is 10.0. The Balaban J connectivity index is 0.00000256. The van der Waals surface area contributed by atoms with Crippen LogP contribution < -0.4 is 5.73 Å². The normalized spacial score (nSPS) is 13.6. The molecule has 0 amide bonds. The molecule has 2 atom stereocenters. The van der Waals surface area contributed by atoms with Gasteiger partial charge >= 0.3 is 0 Å². The fourth-order valence-electron chi connectivity index (χ4n) is 1.22. The monoisotopic (exact) mass is 326 g/mol. The van der Waals surface area contributed by atoms with Gasteiger partial charge in [0.1, 0.15) is 5.75 Å². The maximum absolute atomic E-state index is 10.6. The number of rotatable bonds is 3. The summed E-state index contributed by atoms with van der Waals surface area (Å²) in [6.45, 7) is 1.44. The number of aromatic hydroxyl groups is 1. The van der Waals surface area contributed by atoms with Gasteiger partial charge in [0.25, 0.3) is 5.69 Å². The van der Waals surface area contributed by atoms with Crippen molar-refractivity contribution in [3.05, 3.63) is 32.3 Å². The van der Waals surface area contributed by atoms with Gasteiger partial charge in [0.15, 0.2) is 0 Å². The Kier molecular flexibility index (Phi) is 5.83. The van der Waals surface area contributed by atoms with Gasteiger partial charge in [-0.3, -0.25) is 10.1 Å². The maximum Gasteiger partial charge on any atom is 0.271 e. The summed E-state index contributed by atoms with van der Waals surface area (Å²) >= 11 is 2.99. The molecule has 1 aromatic rings. The van der Waals surface area contributed by atoms with E-state index in [4.69, 9.17) is 5.73 Å². The van der Waals surface area contributed by atoms with Crippen molar-refractivity contribution in [3.63, 3.8) is 0 Å². The summed E-state index contributed by atoms with van der Waals surface area (Å²) in [6.07, 6.45) is -0.917. The van der Waals surface area contributed by atoms with Crippen LogP contribution in [0.3, 0.4) is 0 Å². The zero-order valence-electron chi connectivity index (χ0n) is 8.83. The van der Waals surface area contributed by atoms with Crippen LogP contribution in [0.1, 0.15) is 18.5 Å². The summed E-state index contributed by atoms with van der Waals surface area (Å²) < 4.78 is 0.174.